The highest BCUT2D eigenvalue weighted by atomic mass is 32.2. The van der Waals surface area contributed by atoms with Crippen molar-refractivity contribution in [1.82, 2.24) is 14.3 Å². The standard InChI is InChI=1S/C20H22N4O4S2/c1-11(2)9-21-17-13(18(27)24-10-12(3)4-5-15(24)22-17)8-14-19(28)23(20(29)30-14)7-6-16(25)26/h4-5,8,10-11,21H,6-7,9H2,1-3H3,(H,25,26). The molecule has 0 spiro atoms. The van der Waals surface area contributed by atoms with Gasteiger partial charge in [-0.05, 0) is 30.5 Å². The topological polar surface area (TPSA) is 104 Å². The van der Waals surface area contributed by atoms with Gasteiger partial charge in [-0.3, -0.25) is 23.7 Å². The Kier molecular flexibility index (Phi) is 6.57. The van der Waals surface area contributed by atoms with Crippen LogP contribution in [0.25, 0.3) is 11.7 Å². The molecule has 0 aliphatic carbocycles. The van der Waals surface area contributed by atoms with E-state index in [-0.39, 0.29) is 33.3 Å². The fourth-order valence-electron chi connectivity index (χ4n) is 2.86. The van der Waals surface area contributed by atoms with Crippen molar-refractivity contribution < 1.29 is 14.7 Å². The zero-order chi connectivity index (χ0) is 22.0. The molecule has 1 amide bonds. The number of aliphatic carboxylic acids is 1. The summed E-state index contributed by atoms with van der Waals surface area (Å²) in [6, 6.07) is 3.65. The summed E-state index contributed by atoms with van der Waals surface area (Å²) in [4.78, 5) is 42.9. The van der Waals surface area contributed by atoms with Gasteiger partial charge in [-0.15, -0.1) is 0 Å². The molecule has 1 aliphatic rings. The number of anilines is 1. The highest BCUT2D eigenvalue weighted by molar-refractivity contribution is 8.26. The van der Waals surface area contributed by atoms with Gasteiger partial charge in [0, 0.05) is 19.3 Å². The maximum absolute atomic E-state index is 13.2. The smallest absolute Gasteiger partial charge is 0.305 e. The highest BCUT2D eigenvalue weighted by Crippen LogP contribution is 2.33. The summed E-state index contributed by atoms with van der Waals surface area (Å²) in [6.45, 7) is 6.55. The van der Waals surface area contributed by atoms with Gasteiger partial charge >= 0.3 is 5.97 Å². The molecule has 0 aromatic carbocycles. The second-order valence-electron chi connectivity index (χ2n) is 7.37. The first-order valence-electron chi connectivity index (χ1n) is 9.41. The van der Waals surface area contributed by atoms with Crippen molar-refractivity contribution in [2.45, 2.75) is 27.2 Å². The number of thioether (sulfide) groups is 1. The first-order chi connectivity index (χ1) is 14.2. The minimum atomic E-state index is -1.01. The van der Waals surface area contributed by atoms with Gasteiger partial charge in [-0.1, -0.05) is 43.9 Å². The zero-order valence-electron chi connectivity index (χ0n) is 16.8. The maximum atomic E-state index is 13.2. The Bertz CT molecular complexity index is 1120. The first-order valence-corrected chi connectivity index (χ1v) is 10.6. The van der Waals surface area contributed by atoms with Crippen molar-refractivity contribution in [3.63, 3.8) is 0 Å². The molecule has 2 N–H and O–H groups in total. The molecular formula is C20H22N4O4S2. The van der Waals surface area contributed by atoms with Crippen molar-refractivity contribution in [2.75, 3.05) is 18.4 Å². The number of nitrogens with one attached hydrogen (secondary N) is 1. The van der Waals surface area contributed by atoms with Crippen LogP contribution in [0.4, 0.5) is 5.82 Å². The van der Waals surface area contributed by atoms with Gasteiger partial charge in [0.25, 0.3) is 11.5 Å². The fraction of sp³-hybridized carbons (Fsp3) is 0.350. The summed E-state index contributed by atoms with van der Waals surface area (Å²) >= 11 is 6.28. The van der Waals surface area contributed by atoms with Gasteiger partial charge in [0.2, 0.25) is 0 Å². The van der Waals surface area contributed by atoms with Crippen LogP contribution >= 0.6 is 24.0 Å². The molecule has 3 heterocycles. The summed E-state index contributed by atoms with van der Waals surface area (Å²) in [5.41, 5.74) is 1.37. The third-order valence-electron chi connectivity index (χ3n) is 4.38. The molecule has 0 unspecified atom stereocenters. The lowest BCUT2D eigenvalue weighted by Gasteiger charge is -2.13. The first kappa shape index (κ1) is 22.0. The van der Waals surface area contributed by atoms with Crippen LogP contribution in [-0.2, 0) is 9.59 Å². The van der Waals surface area contributed by atoms with E-state index in [2.05, 4.69) is 10.3 Å². The van der Waals surface area contributed by atoms with Crippen LogP contribution in [0.5, 0.6) is 0 Å². The normalized spacial score (nSPS) is 15.6. The average Bonchev–Trinajstić information content (AvgIpc) is 2.94. The van der Waals surface area contributed by atoms with Crippen molar-refractivity contribution in [3.8, 4) is 0 Å². The molecule has 2 aromatic heterocycles. The predicted octanol–water partition coefficient (Wildman–Crippen LogP) is 2.75. The number of nitrogens with zero attached hydrogens (tertiary/aromatic N) is 3. The maximum Gasteiger partial charge on any atom is 0.305 e. The molecule has 1 saturated heterocycles. The van der Waals surface area contributed by atoms with E-state index in [0.717, 1.165) is 17.3 Å². The molecule has 8 nitrogen and oxygen atoms in total. The van der Waals surface area contributed by atoms with Gasteiger partial charge in [-0.25, -0.2) is 4.98 Å². The van der Waals surface area contributed by atoms with E-state index in [1.54, 1.807) is 12.3 Å². The fourth-order valence-corrected chi connectivity index (χ4v) is 4.15. The third-order valence-corrected chi connectivity index (χ3v) is 5.76. The van der Waals surface area contributed by atoms with E-state index in [1.165, 1.54) is 15.4 Å². The second-order valence-corrected chi connectivity index (χ2v) is 9.04. The van der Waals surface area contributed by atoms with E-state index in [9.17, 15) is 14.4 Å². The highest BCUT2D eigenvalue weighted by Gasteiger charge is 2.32. The van der Waals surface area contributed by atoms with Gasteiger partial charge in [0.15, 0.2) is 0 Å². The van der Waals surface area contributed by atoms with E-state index in [0.29, 0.717) is 23.9 Å². The molecular weight excluding hydrogens is 424 g/mol. The number of aryl methyl sites for hydroxylation is 1. The molecule has 0 bridgehead atoms. The molecule has 3 rings (SSSR count). The molecule has 0 radical (unpaired) electrons. The Labute approximate surface area is 183 Å². The Hall–Kier alpha value is -2.72. The van der Waals surface area contributed by atoms with Crippen LogP contribution in [0.2, 0.25) is 0 Å². The number of thiocarbonyl (C=S) groups is 1. The Morgan fingerprint density at radius 1 is 1.37 bits per heavy atom. The number of carbonyl (C=O) groups is 2. The quantitative estimate of drug-likeness (QED) is 0.494. The van der Waals surface area contributed by atoms with E-state index in [1.807, 2.05) is 26.8 Å². The number of hydrogen-bond donors (Lipinski definition) is 2. The van der Waals surface area contributed by atoms with Gasteiger partial charge in [-0.2, -0.15) is 0 Å². The molecule has 1 fully saturated rings. The molecule has 0 saturated carbocycles. The van der Waals surface area contributed by atoms with E-state index >= 15 is 0 Å². The number of amides is 1. The summed E-state index contributed by atoms with van der Waals surface area (Å²) in [7, 11) is 0. The lowest BCUT2D eigenvalue weighted by atomic mass is 10.2. The SMILES string of the molecule is Cc1ccc2nc(NCC(C)C)c(C=C3SC(=S)N(CCC(=O)O)C3=O)c(=O)n2c1. The summed E-state index contributed by atoms with van der Waals surface area (Å²) < 4.78 is 1.72. The van der Waals surface area contributed by atoms with Crippen molar-refractivity contribution in [3.05, 3.63) is 44.7 Å². The van der Waals surface area contributed by atoms with Crippen molar-refractivity contribution in [1.29, 1.82) is 0 Å². The van der Waals surface area contributed by atoms with Gasteiger partial charge in [0.05, 0.1) is 16.9 Å². The lowest BCUT2D eigenvalue weighted by molar-refractivity contribution is -0.137. The third kappa shape index (κ3) is 4.71. The molecule has 10 heteroatoms. The monoisotopic (exact) mass is 446 g/mol. The number of aromatic nitrogens is 2. The molecule has 1 aliphatic heterocycles. The van der Waals surface area contributed by atoms with Crippen LogP contribution in [0.3, 0.4) is 0 Å². The summed E-state index contributed by atoms with van der Waals surface area (Å²) in [5.74, 6) is -0.700. The second kappa shape index (κ2) is 8.97. The minimum absolute atomic E-state index is 0.00998. The Morgan fingerprint density at radius 3 is 2.77 bits per heavy atom. The van der Waals surface area contributed by atoms with Gasteiger partial charge < -0.3 is 10.4 Å². The van der Waals surface area contributed by atoms with E-state index < -0.39 is 11.9 Å². The number of fused-ring (bicyclic) bond motifs is 1. The zero-order valence-corrected chi connectivity index (χ0v) is 18.5. The molecule has 2 aromatic rings. The minimum Gasteiger partial charge on any atom is -0.481 e. The number of carboxylic acid groups (broad SMARTS) is 1. The molecule has 30 heavy (non-hydrogen) atoms. The average molecular weight is 447 g/mol. The van der Waals surface area contributed by atoms with Crippen LogP contribution in [0, 0.1) is 12.8 Å². The largest absolute Gasteiger partial charge is 0.481 e. The van der Waals surface area contributed by atoms with E-state index in [4.69, 9.17) is 17.3 Å². The number of carbonyl (C=O) groups excluding carboxylic acids is 1. The predicted molar refractivity (Wildman–Crippen MR) is 122 cm³/mol. The lowest BCUT2D eigenvalue weighted by Crippen LogP contribution is -2.30. The van der Waals surface area contributed by atoms with Crippen LogP contribution in [0.1, 0.15) is 31.4 Å². The van der Waals surface area contributed by atoms with Crippen LogP contribution < -0.4 is 10.9 Å². The van der Waals surface area contributed by atoms with Crippen LogP contribution in [-0.4, -0.2) is 48.7 Å². The van der Waals surface area contributed by atoms with Crippen molar-refractivity contribution >= 4 is 57.7 Å². The Balaban J connectivity index is 2.07. The number of hydrogen-bond acceptors (Lipinski definition) is 7. The van der Waals surface area contributed by atoms with Crippen molar-refractivity contribution in [2.24, 2.45) is 5.92 Å². The molecule has 0 atom stereocenters. The number of carboxylic acids is 1. The number of pyridine rings is 1. The van der Waals surface area contributed by atoms with Gasteiger partial charge in [0.1, 0.15) is 15.8 Å². The Morgan fingerprint density at radius 2 is 2.10 bits per heavy atom. The molecule has 158 valence electrons. The summed E-state index contributed by atoms with van der Waals surface area (Å²) in [5, 5.41) is 12.1. The van der Waals surface area contributed by atoms with Crippen LogP contribution in [0.15, 0.2) is 28.0 Å². The summed E-state index contributed by atoms with van der Waals surface area (Å²) in [6.07, 6.45) is 2.99. The number of rotatable bonds is 7.